The van der Waals surface area contributed by atoms with Crippen LogP contribution >= 0.6 is 0 Å². The second-order valence-corrected chi connectivity index (χ2v) is 10.1. The summed E-state index contributed by atoms with van der Waals surface area (Å²) in [6.07, 6.45) is 0. The Morgan fingerprint density at radius 2 is 1.41 bits per heavy atom. The lowest BCUT2D eigenvalue weighted by molar-refractivity contribution is 0.396. The Balaban J connectivity index is 3.56. The lowest BCUT2D eigenvalue weighted by atomic mass is 9.85. The first-order valence-electron chi connectivity index (χ1n) is 7.98. The fourth-order valence-electron chi connectivity index (χ4n) is 2.74. The van der Waals surface area contributed by atoms with Crippen molar-refractivity contribution in [3.63, 3.8) is 0 Å². The molecule has 0 aliphatic rings. The molecule has 0 aromatic heterocycles. The van der Waals surface area contributed by atoms with Gasteiger partial charge in [-0.2, -0.15) is 0 Å². The Hall–Kier alpha value is -0.903. The SMILES string of the molecule is C=C[Si](C)c1c(CN(C)C)cc(C(C)(C)C)cc1CN(C)C. The van der Waals surface area contributed by atoms with E-state index in [0.29, 0.717) is 0 Å². The van der Waals surface area contributed by atoms with E-state index in [1.54, 1.807) is 5.19 Å². The van der Waals surface area contributed by atoms with Crippen LogP contribution in [-0.4, -0.2) is 46.8 Å². The molecule has 2 nitrogen and oxygen atoms in total. The molecule has 0 N–H and O–H groups in total. The van der Waals surface area contributed by atoms with Crippen molar-refractivity contribution in [3.8, 4) is 0 Å². The maximum atomic E-state index is 4.07. The highest BCUT2D eigenvalue weighted by Gasteiger charge is 2.21. The van der Waals surface area contributed by atoms with E-state index in [1.807, 2.05) is 0 Å². The van der Waals surface area contributed by atoms with Gasteiger partial charge in [0, 0.05) is 13.1 Å². The van der Waals surface area contributed by atoms with E-state index in [9.17, 15) is 0 Å². The van der Waals surface area contributed by atoms with Gasteiger partial charge in [0.1, 0.15) is 8.80 Å². The standard InChI is InChI=1S/C19H33N2Si/c1-10-22(9)18-15(13-20(5)6)11-17(19(2,3)4)12-16(18)14-21(7)8/h10-12H,1,13-14H2,2-9H3. The number of nitrogens with zero attached hydrogens (tertiary/aromatic N) is 2. The zero-order valence-electron chi connectivity index (χ0n) is 15.7. The normalized spacial score (nSPS) is 12.5. The maximum Gasteiger partial charge on any atom is 0.109 e. The summed E-state index contributed by atoms with van der Waals surface area (Å²) in [6.45, 7) is 15.3. The lowest BCUT2D eigenvalue weighted by Gasteiger charge is -2.27. The van der Waals surface area contributed by atoms with E-state index in [2.05, 4.69) is 89.7 Å². The molecule has 22 heavy (non-hydrogen) atoms. The first-order valence-corrected chi connectivity index (χ1v) is 10.1. The zero-order chi connectivity index (χ0) is 17.1. The highest BCUT2D eigenvalue weighted by Crippen LogP contribution is 2.25. The molecular weight excluding hydrogens is 284 g/mol. The Morgan fingerprint density at radius 3 is 1.68 bits per heavy atom. The number of rotatable bonds is 6. The van der Waals surface area contributed by atoms with Crippen molar-refractivity contribution in [2.75, 3.05) is 28.2 Å². The first kappa shape index (κ1) is 19.1. The molecular formula is C19H33N2Si. The quantitative estimate of drug-likeness (QED) is 0.744. The second-order valence-electron chi connectivity index (χ2n) is 7.78. The van der Waals surface area contributed by atoms with Crippen LogP contribution in [-0.2, 0) is 18.5 Å². The predicted octanol–water partition coefficient (Wildman–Crippen LogP) is 3.16. The van der Waals surface area contributed by atoms with Crippen molar-refractivity contribution < 1.29 is 0 Å². The molecule has 0 unspecified atom stereocenters. The van der Waals surface area contributed by atoms with Gasteiger partial charge in [0.05, 0.1) is 0 Å². The molecule has 123 valence electrons. The van der Waals surface area contributed by atoms with E-state index in [-0.39, 0.29) is 5.41 Å². The van der Waals surface area contributed by atoms with E-state index >= 15 is 0 Å². The molecule has 1 aromatic carbocycles. The third-order valence-corrected chi connectivity index (χ3v) is 5.88. The van der Waals surface area contributed by atoms with Crippen molar-refractivity contribution in [1.29, 1.82) is 0 Å². The molecule has 3 heteroatoms. The van der Waals surface area contributed by atoms with E-state index < -0.39 is 8.80 Å². The lowest BCUT2D eigenvalue weighted by Crippen LogP contribution is -2.36. The molecule has 0 saturated carbocycles. The van der Waals surface area contributed by atoms with Gasteiger partial charge in [0.2, 0.25) is 0 Å². The van der Waals surface area contributed by atoms with Gasteiger partial charge in [-0.15, -0.1) is 6.58 Å². The van der Waals surface area contributed by atoms with Gasteiger partial charge in [0.25, 0.3) is 0 Å². The Morgan fingerprint density at radius 1 is 1.00 bits per heavy atom. The van der Waals surface area contributed by atoms with Gasteiger partial charge in [0.15, 0.2) is 0 Å². The van der Waals surface area contributed by atoms with Crippen LogP contribution in [0.4, 0.5) is 0 Å². The van der Waals surface area contributed by atoms with Crippen LogP contribution in [0.5, 0.6) is 0 Å². The average Bonchev–Trinajstić information content (AvgIpc) is 2.35. The summed E-state index contributed by atoms with van der Waals surface area (Å²) in [5, 5.41) is 1.55. The average molecular weight is 318 g/mol. The van der Waals surface area contributed by atoms with Gasteiger partial charge in [-0.05, 0) is 55.5 Å². The number of benzene rings is 1. The summed E-state index contributed by atoms with van der Waals surface area (Å²) in [7, 11) is 7.88. The number of hydrogen-bond donors (Lipinski definition) is 0. The van der Waals surface area contributed by atoms with Crippen LogP contribution < -0.4 is 5.19 Å². The van der Waals surface area contributed by atoms with Crippen LogP contribution in [0.15, 0.2) is 24.4 Å². The smallest absolute Gasteiger partial charge is 0.109 e. The van der Waals surface area contributed by atoms with E-state index in [1.165, 1.54) is 16.7 Å². The van der Waals surface area contributed by atoms with Crippen LogP contribution in [0.2, 0.25) is 6.55 Å². The van der Waals surface area contributed by atoms with E-state index in [0.717, 1.165) is 13.1 Å². The summed E-state index contributed by atoms with van der Waals surface area (Å²) in [4.78, 5) is 4.53. The van der Waals surface area contributed by atoms with Crippen molar-refractivity contribution in [2.24, 2.45) is 0 Å². The highest BCUT2D eigenvalue weighted by molar-refractivity contribution is 6.77. The third-order valence-electron chi connectivity index (χ3n) is 3.84. The molecule has 0 aliphatic heterocycles. The molecule has 0 fully saturated rings. The van der Waals surface area contributed by atoms with Crippen molar-refractivity contribution >= 4 is 14.0 Å². The Kier molecular flexibility index (Phi) is 6.60. The minimum Gasteiger partial charge on any atom is -0.305 e. The maximum absolute atomic E-state index is 4.07. The molecule has 0 aliphatic carbocycles. The van der Waals surface area contributed by atoms with Crippen molar-refractivity contribution in [3.05, 3.63) is 41.1 Å². The Labute approximate surface area is 139 Å². The summed E-state index contributed by atoms with van der Waals surface area (Å²) in [6, 6.07) is 4.85. The number of hydrogen-bond acceptors (Lipinski definition) is 2. The summed E-state index contributed by atoms with van der Waals surface area (Å²) in [5.41, 5.74) is 6.73. The molecule has 1 aromatic rings. The third kappa shape index (κ3) is 5.08. The Bertz CT molecular complexity index is 482. The van der Waals surface area contributed by atoms with Crippen LogP contribution in [0.3, 0.4) is 0 Å². The van der Waals surface area contributed by atoms with Crippen LogP contribution in [0.1, 0.15) is 37.5 Å². The molecule has 0 heterocycles. The van der Waals surface area contributed by atoms with Gasteiger partial charge in [-0.1, -0.05) is 45.2 Å². The zero-order valence-corrected chi connectivity index (χ0v) is 16.7. The molecule has 0 amide bonds. The highest BCUT2D eigenvalue weighted by atomic mass is 28.3. The van der Waals surface area contributed by atoms with Gasteiger partial charge in [-0.3, -0.25) is 0 Å². The molecule has 1 rings (SSSR count). The topological polar surface area (TPSA) is 6.48 Å². The monoisotopic (exact) mass is 317 g/mol. The largest absolute Gasteiger partial charge is 0.305 e. The molecule has 0 saturated heterocycles. The van der Waals surface area contributed by atoms with Crippen LogP contribution in [0.25, 0.3) is 0 Å². The van der Waals surface area contributed by atoms with Gasteiger partial charge in [-0.25, -0.2) is 0 Å². The van der Waals surface area contributed by atoms with Crippen molar-refractivity contribution in [1.82, 2.24) is 9.80 Å². The van der Waals surface area contributed by atoms with Crippen molar-refractivity contribution in [2.45, 2.75) is 45.8 Å². The summed E-state index contributed by atoms with van der Waals surface area (Å²) < 4.78 is 0. The minimum atomic E-state index is -0.707. The fourth-order valence-corrected chi connectivity index (χ4v) is 4.26. The van der Waals surface area contributed by atoms with Gasteiger partial charge < -0.3 is 9.80 Å². The summed E-state index contributed by atoms with van der Waals surface area (Å²) >= 11 is 0. The minimum absolute atomic E-state index is 0.176. The first-order chi connectivity index (χ1) is 10.1. The molecule has 0 bridgehead atoms. The summed E-state index contributed by atoms with van der Waals surface area (Å²) in [5.74, 6) is 0. The predicted molar refractivity (Wildman–Crippen MR) is 101 cm³/mol. The van der Waals surface area contributed by atoms with E-state index in [4.69, 9.17) is 0 Å². The molecule has 1 radical (unpaired) electrons. The van der Waals surface area contributed by atoms with Crippen LogP contribution in [0, 0.1) is 0 Å². The van der Waals surface area contributed by atoms with Gasteiger partial charge >= 0.3 is 0 Å². The molecule has 0 atom stereocenters. The second kappa shape index (κ2) is 7.58. The molecule has 0 spiro atoms. The fraction of sp³-hybridized carbons (Fsp3) is 0.579.